The van der Waals surface area contributed by atoms with Crippen LogP contribution in [0.25, 0.3) is 0 Å². The maximum atomic E-state index is 11.5. The second-order valence-electron chi connectivity index (χ2n) is 4.13. The molecule has 0 aliphatic carbocycles. The van der Waals surface area contributed by atoms with Crippen LogP contribution in [0.4, 0.5) is 5.69 Å². The van der Waals surface area contributed by atoms with Crippen molar-refractivity contribution >= 4 is 27.5 Å². The molecule has 0 saturated carbocycles. The van der Waals surface area contributed by atoms with Gasteiger partial charge < -0.3 is 15.5 Å². The monoisotopic (exact) mass is 313 g/mol. The molecule has 2 N–H and O–H groups in total. The van der Waals surface area contributed by atoms with E-state index >= 15 is 0 Å². The molecule has 18 heavy (non-hydrogen) atoms. The molecule has 4 nitrogen and oxygen atoms in total. The Hall–Kier alpha value is -1.07. The van der Waals surface area contributed by atoms with Crippen molar-refractivity contribution in [1.82, 2.24) is 10.6 Å². The van der Waals surface area contributed by atoms with E-state index in [1.54, 1.807) is 0 Å². The number of nitrogens with zero attached hydrogens (tertiary/aromatic N) is 1. The van der Waals surface area contributed by atoms with Crippen molar-refractivity contribution in [3.63, 3.8) is 0 Å². The summed E-state index contributed by atoms with van der Waals surface area (Å²) in [6.07, 6.45) is 0. The highest BCUT2D eigenvalue weighted by Crippen LogP contribution is 2.26. The van der Waals surface area contributed by atoms with Gasteiger partial charge in [0.1, 0.15) is 0 Å². The quantitative estimate of drug-likeness (QED) is 0.841. The highest BCUT2D eigenvalue weighted by atomic mass is 79.9. The summed E-state index contributed by atoms with van der Waals surface area (Å²) in [5.41, 5.74) is 2.22. The third-order valence-corrected chi connectivity index (χ3v) is 3.19. The largest absolute Gasteiger partial charge is 0.364 e. The minimum Gasteiger partial charge on any atom is -0.364 e. The molecular weight excluding hydrogens is 294 g/mol. The number of halogens is 1. The molecule has 0 aliphatic rings. The van der Waals surface area contributed by atoms with Crippen LogP contribution < -0.4 is 15.5 Å². The third-order valence-electron chi connectivity index (χ3n) is 2.56. The fraction of sp³-hybridized carbons (Fsp3) is 0.462. The smallest absolute Gasteiger partial charge is 0.239 e. The van der Waals surface area contributed by atoms with E-state index in [2.05, 4.69) is 38.7 Å². The lowest BCUT2D eigenvalue weighted by Gasteiger charge is -2.20. The molecule has 1 rings (SSSR count). The Kier molecular flexibility index (Phi) is 6.15. The van der Waals surface area contributed by atoms with Gasteiger partial charge in [-0.1, -0.05) is 6.07 Å². The van der Waals surface area contributed by atoms with Gasteiger partial charge >= 0.3 is 0 Å². The highest BCUT2D eigenvalue weighted by molar-refractivity contribution is 9.10. The van der Waals surface area contributed by atoms with Gasteiger partial charge in [-0.3, -0.25) is 4.79 Å². The van der Waals surface area contributed by atoms with Gasteiger partial charge in [-0.05, 0) is 47.6 Å². The minimum atomic E-state index is 0.0335. The zero-order chi connectivity index (χ0) is 13.5. The summed E-state index contributed by atoms with van der Waals surface area (Å²) < 4.78 is 1.00. The number of hydrogen-bond acceptors (Lipinski definition) is 3. The number of amides is 1. The van der Waals surface area contributed by atoms with Gasteiger partial charge in [-0.15, -0.1) is 0 Å². The zero-order valence-corrected chi connectivity index (χ0v) is 12.7. The number of carbonyl (C=O) groups is 1. The maximum Gasteiger partial charge on any atom is 0.239 e. The van der Waals surface area contributed by atoms with Gasteiger partial charge in [0.05, 0.1) is 12.2 Å². The van der Waals surface area contributed by atoms with Gasteiger partial charge in [0.15, 0.2) is 0 Å². The SMILES string of the molecule is CCNC(=O)CN(C)c1ccc(CNC)cc1Br. The first-order valence-electron chi connectivity index (χ1n) is 5.99. The number of rotatable bonds is 6. The van der Waals surface area contributed by atoms with Gasteiger partial charge in [-0.2, -0.15) is 0 Å². The van der Waals surface area contributed by atoms with Crippen LogP contribution in [-0.2, 0) is 11.3 Å². The lowest BCUT2D eigenvalue weighted by atomic mass is 10.2. The van der Waals surface area contributed by atoms with Crippen LogP contribution in [0.2, 0.25) is 0 Å². The first-order valence-corrected chi connectivity index (χ1v) is 6.78. The number of carbonyl (C=O) groups excluding carboxylic acids is 1. The number of likely N-dealkylation sites (N-methyl/N-ethyl adjacent to an activating group) is 2. The average Bonchev–Trinajstić information content (AvgIpc) is 2.29. The summed E-state index contributed by atoms with van der Waals surface area (Å²) in [6.45, 7) is 3.77. The van der Waals surface area contributed by atoms with E-state index in [1.807, 2.05) is 32.0 Å². The topological polar surface area (TPSA) is 44.4 Å². The van der Waals surface area contributed by atoms with E-state index in [1.165, 1.54) is 5.56 Å². The van der Waals surface area contributed by atoms with Crippen LogP contribution >= 0.6 is 15.9 Å². The van der Waals surface area contributed by atoms with Gasteiger partial charge in [0, 0.05) is 24.6 Å². The second-order valence-corrected chi connectivity index (χ2v) is 4.98. The molecule has 1 amide bonds. The summed E-state index contributed by atoms with van der Waals surface area (Å²) >= 11 is 3.55. The van der Waals surface area contributed by atoms with Crippen LogP contribution in [0.3, 0.4) is 0 Å². The van der Waals surface area contributed by atoms with Crippen LogP contribution in [0, 0.1) is 0 Å². The van der Waals surface area contributed by atoms with E-state index in [-0.39, 0.29) is 5.91 Å². The highest BCUT2D eigenvalue weighted by Gasteiger charge is 2.10. The van der Waals surface area contributed by atoms with Crippen LogP contribution in [-0.4, -0.2) is 33.1 Å². The molecule has 100 valence electrons. The van der Waals surface area contributed by atoms with Crippen LogP contribution in [0.15, 0.2) is 22.7 Å². The third kappa shape index (κ3) is 4.31. The Labute approximate surface area is 117 Å². The lowest BCUT2D eigenvalue weighted by molar-refractivity contribution is -0.119. The molecule has 5 heteroatoms. The van der Waals surface area contributed by atoms with E-state index in [0.717, 1.165) is 16.7 Å². The van der Waals surface area contributed by atoms with Crippen LogP contribution in [0.5, 0.6) is 0 Å². The van der Waals surface area contributed by atoms with Gasteiger partial charge in [-0.25, -0.2) is 0 Å². The average molecular weight is 314 g/mol. The zero-order valence-electron chi connectivity index (χ0n) is 11.1. The van der Waals surface area contributed by atoms with Crippen molar-refractivity contribution in [2.45, 2.75) is 13.5 Å². The van der Waals surface area contributed by atoms with E-state index in [9.17, 15) is 4.79 Å². The molecule has 0 heterocycles. The normalized spacial score (nSPS) is 10.2. The van der Waals surface area contributed by atoms with E-state index in [0.29, 0.717) is 13.1 Å². The molecule has 1 aromatic carbocycles. The van der Waals surface area contributed by atoms with Crippen molar-refractivity contribution < 1.29 is 4.79 Å². The molecule has 0 radical (unpaired) electrons. The van der Waals surface area contributed by atoms with Crippen molar-refractivity contribution in [3.8, 4) is 0 Å². The molecule has 1 aromatic rings. The van der Waals surface area contributed by atoms with Crippen molar-refractivity contribution in [3.05, 3.63) is 28.2 Å². The standard InChI is InChI=1S/C13H20BrN3O/c1-4-16-13(18)9-17(3)12-6-5-10(8-15-2)7-11(12)14/h5-7,15H,4,8-9H2,1-3H3,(H,16,18). The molecule has 0 aliphatic heterocycles. The minimum absolute atomic E-state index is 0.0335. The Balaban J connectivity index is 2.73. The Bertz CT molecular complexity index is 409. The summed E-state index contributed by atoms with van der Waals surface area (Å²) in [4.78, 5) is 13.5. The molecule has 0 aromatic heterocycles. The summed E-state index contributed by atoms with van der Waals surface area (Å²) in [7, 11) is 3.83. The molecule has 0 bridgehead atoms. The Morgan fingerprint density at radius 2 is 2.17 bits per heavy atom. The molecule has 0 saturated heterocycles. The van der Waals surface area contributed by atoms with Gasteiger partial charge in [0.25, 0.3) is 0 Å². The van der Waals surface area contributed by atoms with Crippen molar-refractivity contribution in [2.75, 3.05) is 32.1 Å². The lowest BCUT2D eigenvalue weighted by Crippen LogP contribution is -2.35. The Morgan fingerprint density at radius 1 is 1.44 bits per heavy atom. The molecule has 0 atom stereocenters. The maximum absolute atomic E-state index is 11.5. The predicted molar refractivity (Wildman–Crippen MR) is 78.9 cm³/mol. The number of hydrogen-bond donors (Lipinski definition) is 2. The Morgan fingerprint density at radius 3 is 2.72 bits per heavy atom. The van der Waals surface area contributed by atoms with Crippen molar-refractivity contribution in [2.24, 2.45) is 0 Å². The summed E-state index contributed by atoms with van der Waals surface area (Å²) in [5, 5.41) is 5.90. The molecule has 0 unspecified atom stereocenters. The molecule has 0 fully saturated rings. The number of benzene rings is 1. The second kappa shape index (κ2) is 7.38. The van der Waals surface area contributed by atoms with E-state index in [4.69, 9.17) is 0 Å². The fourth-order valence-corrected chi connectivity index (χ4v) is 2.46. The number of nitrogens with one attached hydrogen (secondary N) is 2. The number of anilines is 1. The first kappa shape index (κ1) is 15.0. The van der Waals surface area contributed by atoms with E-state index < -0.39 is 0 Å². The first-order chi connectivity index (χ1) is 8.58. The van der Waals surface area contributed by atoms with Crippen molar-refractivity contribution in [1.29, 1.82) is 0 Å². The fourth-order valence-electron chi connectivity index (χ4n) is 1.73. The molecule has 0 spiro atoms. The summed E-state index contributed by atoms with van der Waals surface area (Å²) in [5.74, 6) is 0.0335. The van der Waals surface area contributed by atoms with Crippen LogP contribution in [0.1, 0.15) is 12.5 Å². The van der Waals surface area contributed by atoms with Gasteiger partial charge in [0.2, 0.25) is 5.91 Å². The predicted octanol–water partition coefficient (Wildman–Crippen LogP) is 1.74. The summed E-state index contributed by atoms with van der Waals surface area (Å²) in [6, 6.07) is 6.15. The molecular formula is C13H20BrN3O.